The molecule has 6 nitrogen and oxygen atoms in total. The molecule has 8 heteroatoms. The lowest BCUT2D eigenvalue weighted by atomic mass is 10.1. The Morgan fingerprint density at radius 1 is 1.09 bits per heavy atom. The van der Waals surface area contributed by atoms with Crippen LogP contribution >= 0.6 is 11.6 Å². The second-order valence-corrected chi connectivity index (χ2v) is 10.7. The lowest BCUT2D eigenvalue weighted by Gasteiger charge is -2.19. The minimum atomic E-state index is -3.64. The third-order valence-electron chi connectivity index (χ3n) is 3.95. The van der Waals surface area contributed by atoms with E-state index in [1.807, 2.05) is 6.92 Å². The topological polar surface area (TPSA) is 81.7 Å². The first-order chi connectivity index (χ1) is 14.8. The summed E-state index contributed by atoms with van der Waals surface area (Å²) in [4.78, 5) is 12.1. The van der Waals surface area contributed by atoms with Gasteiger partial charge < -0.3 is 9.47 Å². The molecule has 0 aliphatic carbocycles. The molecule has 0 saturated carbocycles. The number of esters is 1. The summed E-state index contributed by atoms with van der Waals surface area (Å²) in [7, 11) is -3.64. The van der Waals surface area contributed by atoms with Gasteiger partial charge in [0.2, 0.25) is 10.0 Å². The van der Waals surface area contributed by atoms with E-state index < -0.39 is 21.6 Å². The first kappa shape index (κ1) is 25.7. The fourth-order valence-electron chi connectivity index (χ4n) is 2.65. The molecule has 0 bridgehead atoms. The lowest BCUT2D eigenvalue weighted by Crippen LogP contribution is -2.30. The molecule has 2 rings (SSSR count). The monoisotopic (exact) mass is 477 g/mol. The van der Waals surface area contributed by atoms with E-state index in [-0.39, 0.29) is 17.5 Å². The zero-order valence-electron chi connectivity index (χ0n) is 19.1. The van der Waals surface area contributed by atoms with Crippen LogP contribution in [-0.4, -0.2) is 32.6 Å². The van der Waals surface area contributed by atoms with Gasteiger partial charge in [-0.05, 0) is 77.4 Å². The second kappa shape index (κ2) is 10.4. The van der Waals surface area contributed by atoms with Crippen LogP contribution in [0.1, 0.15) is 51.3 Å². The van der Waals surface area contributed by atoms with Gasteiger partial charge in [0.1, 0.15) is 11.4 Å². The number of ether oxygens (including phenoxy) is 2. The maximum absolute atomic E-state index is 12.5. The molecule has 172 valence electrons. The molecular formula is C24H28ClNO5S. The van der Waals surface area contributed by atoms with Crippen molar-refractivity contribution in [3.63, 3.8) is 0 Å². The molecule has 32 heavy (non-hydrogen) atoms. The van der Waals surface area contributed by atoms with Crippen molar-refractivity contribution in [3.05, 3.63) is 58.1 Å². The zero-order chi connectivity index (χ0) is 24.1. The Bertz CT molecular complexity index is 1160. The average molecular weight is 478 g/mol. The summed E-state index contributed by atoms with van der Waals surface area (Å²) >= 11 is 6.11. The molecule has 2 aromatic rings. The molecule has 0 saturated heterocycles. The Labute approximate surface area is 195 Å². The third-order valence-corrected chi connectivity index (χ3v) is 5.84. The van der Waals surface area contributed by atoms with Crippen molar-refractivity contribution in [2.24, 2.45) is 0 Å². The van der Waals surface area contributed by atoms with E-state index in [0.29, 0.717) is 21.9 Å². The van der Waals surface area contributed by atoms with Crippen molar-refractivity contribution >= 4 is 27.6 Å². The van der Waals surface area contributed by atoms with Gasteiger partial charge in [0.25, 0.3) is 0 Å². The Balaban J connectivity index is 2.33. The summed E-state index contributed by atoms with van der Waals surface area (Å²) < 4.78 is 38.4. The van der Waals surface area contributed by atoms with E-state index in [2.05, 4.69) is 16.6 Å². The van der Waals surface area contributed by atoms with Gasteiger partial charge in [-0.1, -0.05) is 29.5 Å². The van der Waals surface area contributed by atoms with Gasteiger partial charge in [-0.15, -0.1) is 0 Å². The van der Waals surface area contributed by atoms with Crippen LogP contribution in [0.2, 0.25) is 5.02 Å². The van der Waals surface area contributed by atoms with Gasteiger partial charge in [-0.3, -0.25) is 0 Å². The molecule has 0 unspecified atom stereocenters. The first-order valence-corrected chi connectivity index (χ1v) is 11.9. The first-order valence-electron chi connectivity index (χ1n) is 10.1. The molecule has 0 aromatic heterocycles. The number of hydrogen-bond acceptors (Lipinski definition) is 5. The maximum Gasteiger partial charge on any atom is 0.344 e. The molecule has 2 aromatic carbocycles. The number of nitrogens with one attached hydrogen (secondary N) is 1. The smallest absolute Gasteiger partial charge is 0.344 e. The van der Waals surface area contributed by atoms with Crippen LogP contribution in [0.3, 0.4) is 0 Å². The van der Waals surface area contributed by atoms with Gasteiger partial charge in [-0.25, -0.2) is 17.9 Å². The van der Waals surface area contributed by atoms with E-state index in [1.54, 1.807) is 65.0 Å². The third kappa shape index (κ3) is 7.86. The van der Waals surface area contributed by atoms with E-state index in [4.69, 9.17) is 21.1 Å². The Morgan fingerprint density at radius 2 is 1.75 bits per heavy atom. The highest BCUT2D eigenvalue weighted by Gasteiger charge is 2.18. The minimum Gasteiger partial charge on any atom is -0.481 e. The van der Waals surface area contributed by atoms with E-state index in [0.717, 1.165) is 5.56 Å². The number of benzene rings is 2. The SMILES string of the molecule is Cc1ccc(S(=O)(=O)NC(C)C)cc1C#Cc1cc(Cl)ccc1OCC(=O)OC(C)(C)C. The molecule has 0 heterocycles. The van der Waals surface area contributed by atoms with Gasteiger partial charge in [0.15, 0.2) is 6.61 Å². The summed E-state index contributed by atoms with van der Waals surface area (Å²) in [5.41, 5.74) is 1.22. The highest BCUT2D eigenvalue weighted by atomic mass is 35.5. The van der Waals surface area contributed by atoms with Gasteiger partial charge in [0.05, 0.1) is 10.5 Å². The van der Waals surface area contributed by atoms with Crippen molar-refractivity contribution in [1.82, 2.24) is 4.72 Å². The van der Waals surface area contributed by atoms with Crippen LogP contribution in [0.25, 0.3) is 0 Å². The number of halogens is 1. The fraction of sp³-hybridized carbons (Fsp3) is 0.375. The predicted octanol–water partition coefficient (Wildman–Crippen LogP) is 4.46. The van der Waals surface area contributed by atoms with Gasteiger partial charge >= 0.3 is 5.97 Å². The summed E-state index contributed by atoms with van der Waals surface area (Å²) in [5.74, 6) is 5.84. The van der Waals surface area contributed by atoms with Crippen molar-refractivity contribution < 1.29 is 22.7 Å². The summed E-state index contributed by atoms with van der Waals surface area (Å²) in [5, 5.41) is 0.452. The van der Waals surface area contributed by atoms with Crippen molar-refractivity contribution in [1.29, 1.82) is 0 Å². The fourth-order valence-corrected chi connectivity index (χ4v) is 4.10. The molecule has 0 aliphatic rings. The normalized spacial score (nSPS) is 11.6. The largest absolute Gasteiger partial charge is 0.481 e. The van der Waals surface area contributed by atoms with Crippen molar-refractivity contribution in [3.8, 4) is 17.6 Å². The summed E-state index contributed by atoms with van der Waals surface area (Å²) in [6, 6.07) is 9.42. The second-order valence-electron chi connectivity index (χ2n) is 8.52. The van der Waals surface area contributed by atoms with E-state index >= 15 is 0 Å². The number of carbonyl (C=O) groups is 1. The molecule has 0 spiro atoms. The number of sulfonamides is 1. The van der Waals surface area contributed by atoms with Crippen molar-refractivity contribution in [2.45, 2.75) is 58.1 Å². The molecule has 0 fully saturated rings. The highest BCUT2D eigenvalue weighted by molar-refractivity contribution is 7.89. The Kier molecular flexibility index (Phi) is 8.35. The molecule has 1 N–H and O–H groups in total. The lowest BCUT2D eigenvalue weighted by molar-refractivity contribution is -0.157. The van der Waals surface area contributed by atoms with Crippen LogP contribution in [0.5, 0.6) is 5.75 Å². The highest BCUT2D eigenvalue weighted by Crippen LogP contribution is 2.23. The average Bonchev–Trinajstić information content (AvgIpc) is 2.64. The Morgan fingerprint density at radius 3 is 2.38 bits per heavy atom. The van der Waals surface area contributed by atoms with Crippen molar-refractivity contribution in [2.75, 3.05) is 6.61 Å². The minimum absolute atomic E-state index is 0.133. The molecular weight excluding hydrogens is 450 g/mol. The van der Waals surface area contributed by atoms with E-state index in [1.165, 1.54) is 6.07 Å². The molecule has 0 atom stereocenters. The number of aryl methyl sites for hydroxylation is 1. The Hall–Kier alpha value is -2.53. The number of rotatable bonds is 6. The van der Waals surface area contributed by atoms with Crippen LogP contribution in [0.15, 0.2) is 41.3 Å². The zero-order valence-corrected chi connectivity index (χ0v) is 20.6. The predicted molar refractivity (Wildman–Crippen MR) is 125 cm³/mol. The molecule has 0 aliphatic heterocycles. The van der Waals surface area contributed by atoms with Gasteiger partial charge in [0, 0.05) is 16.6 Å². The molecule has 0 amide bonds. The quantitative estimate of drug-likeness (QED) is 0.490. The number of carbonyl (C=O) groups excluding carboxylic acids is 1. The van der Waals surface area contributed by atoms with Crippen LogP contribution < -0.4 is 9.46 Å². The van der Waals surface area contributed by atoms with Gasteiger partial charge in [-0.2, -0.15) is 0 Å². The van der Waals surface area contributed by atoms with Crippen LogP contribution in [0, 0.1) is 18.8 Å². The van der Waals surface area contributed by atoms with Crippen LogP contribution in [-0.2, 0) is 19.6 Å². The molecule has 0 radical (unpaired) electrons. The maximum atomic E-state index is 12.5. The standard InChI is InChI=1S/C24H28ClNO5S/c1-16(2)26-32(28,29)21-11-7-17(3)18(14-21)8-9-19-13-20(25)10-12-22(19)30-15-23(27)31-24(4,5)6/h7,10-14,16,26H,15H2,1-6H3. The summed E-state index contributed by atoms with van der Waals surface area (Å²) in [6.07, 6.45) is 0. The van der Waals surface area contributed by atoms with E-state index in [9.17, 15) is 13.2 Å². The van der Waals surface area contributed by atoms with Crippen LogP contribution in [0.4, 0.5) is 0 Å². The summed E-state index contributed by atoms with van der Waals surface area (Å²) in [6.45, 7) is 10.4. The number of hydrogen-bond donors (Lipinski definition) is 1.